The molecule has 19 heavy (non-hydrogen) atoms. The van der Waals surface area contributed by atoms with Crippen LogP contribution in [0, 0.1) is 0 Å². The van der Waals surface area contributed by atoms with Crippen molar-refractivity contribution in [3.8, 4) is 0 Å². The second-order valence-electron chi connectivity index (χ2n) is 4.37. The van der Waals surface area contributed by atoms with Crippen molar-refractivity contribution in [2.45, 2.75) is 0 Å². The molecule has 0 saturated carbocycles. The molecule has 0 radical (unpaired) electrons. The number of hydrogen-bond donors (Lipinski definition) is 0. The molecule has 0 N–H and O–H groups in total. The van der Waals surface area contributed by atoms with Crippen LogP contribution in [0.2, 0.25) is 0 Å². The van der Waals surface area contributed by atoms with Gasteiger partial charge in [0.2, 0.25) is 0 Å². The van der Waals surface area contributed by atoms with Crippen LogP contribution in [0.3, 0.4) is 0 Å². The number of rotatable bonds is 2. The molecule has 0 aliphatic carbocycles. The monoisotopic (exact) mass is 283 g/mol. The van der Waals surface area contributed by atoms with E-state index in [-0.39, 0.29) is 10.9 Å². The van der Waals surface area contributed by atoms with E-state index in [9.17, 15) is 0 Å². The maximum absolute atomic E-state index is 2.39. The first-order valence-electron chi connectivity index (χ1n) is 6.19. The summed E-state index contributed by atoms with van der Waals surface area (Å²) in [5.41, 5.74) is 2.65. The Hall–Kier alpha value is -1.38. The quantitative estimate of drug-likeness (QED) is 0.701. The summed E-state index contributed by atoms with van der Waals surface area (Å²) in [6.45, 7) is 0. The maximum atomic E-state index is 2.39. The summed E-state index contributed by atoms with van der Waals surface area (Å²) in [4.78, 5) is 2.80. The lowest BCUT2D eigenvalue weighted by Crippen LogP contribution is -2.02. The third-order valence-electron chi connectivity index (χ3n) is 3.04. The summed E-state index contributed by atoms with van der Waals surface area (Å²) >= 11 is 1.83. The highest BCUT2D eigenvalue weighted by Crippen LogP contribution is 2.39. The van der Waals surface area contributed by atoms with E-state index in [0.29, 0.717) is 0 Å². The topological polar surface area (TPSA) is 0 Å². The lowest BCUT2D eigenvalue weighted by Gasteiger charge is -2.12. The van der Waals surface area contributed by atoms with E-state index >= 15 is 0 Å². The van der Waals surface area contributed by atoms with E-state index in [2.05, 4.69) is 77.7 Å². The smallest absolute Gasteiger partial charge is 0.0876 e. The first-order chi connectivity index (χ1) is 9.34. The summed E-state index contributed by atoms with van der Waals surface area (Å²) in [6, 6.07) is 21.3. The van der Waals surface area contributed by atoms with Crippen LogP contribution in [-0.4, -0.2) is 6.26 Å². The first-order valence-corrected chi connectivity index (χ1v) is 8.76. The molecule has 2 heteroatoms. The molecule has 0 fully saturated rings. The fourth-order valence-corrected chi connectivity index (χ4v) is 5.18. The van der Waals surface area contributed by atoms with Crippen molar-refractivity contribution in [3.05, 3.63) is 82.6 Å². The molecular formula is C17H15S2+. The van der Waals surface area contributed by atoms with Gasteiger partial charge in [-0.3, -0.25) is 0 Å². The summed E-state index contributed by atoms with van der Waals surface area (Å²) in [7, 11) is 0.169. The number of hydrogen-bond acceptors (Lipinski definition) is 1. The van der Waals surface area contributed by atoms with Crippen LogP contribution >= 0.6 is 11.8 Å². The van der Waals surface area contributed by atoms with E-state index in [1.165, 1.54) is 20.9 Å². The van der Waals surface area contributed by atoms with Crippen LogP contribution in [0.5, 0.6) is 0 Å². The van der Waals surface area contributed by atoms with Gasteiger partial charge in [0.1, 0.15) is 11.7 Å². The molecule has 0 bridgehead atoms. The van der Waals surface area contributed by atoms with Crippen molar-refractivity contribution in [1.29, 1.82) is 0 Å². The number of benzene rings is 2. The normalized spacial score (nSPS) is 18.7. The maximum Gasteiger partial charge on any atom is 0.173 e. The molecule has 1 unspecified atom stereocenters. The fraction of sp³-hybridized carbons (Fsp3) is 0.0588. The largest absolute Gasteiger partial charge is 0.173 e. The zero-order chi connectivity index (χ0) is 13.1. The first kappa shape index (κ1) is 12.6. The highest BCUT2D eigenvalue weighted by molar-refractivity contribution is 8.17. The molecular weight excluding hydrogens is 268 g/mol. The average molecular weight is 283 g/mol. The molecule has 3 rings (SSSR count). The van der Waals surface area contributed by atoms with Crippen LogP contribution in [0.25, 0.3) is 9.81 Å². The molecule has 2 aromatic carbocycles. The Morgan fingerprint density at radius 3 is 1.95 bits per heavy atom. The fourth-order valence-electron chi connectivity index (χ4n) is 2.04. The summed E-state index contributed by atoms with van der Waals surface area (Å²) < 4.78 is 0. The minimum atomic E-state index is 0.169. The molecule has 94 valence electrons. The summed E-state index contributed by atoms with van der Waals surface area (Å²) in [5.74, 6) is 0. The van der Waals surface area contributed by atoms with Gasteiger partial charge in [0.25, 0.3) is 0 Å². The third-order valence-corrected chi connectivity index (χ3v) is 5.94. The van der Waals surface area contributed by atoms with Crippen molar-refractivity contribution in [1.82, 2.24) is 0 Å². The predicted octanol–water partition coefficient (Wildman–Crippen LogP) is 4.98. The van der Waals surface area contributed by atoms with Crippen LogP contribution in [0.1, 0.15) is 11.1 Å². The highest BCUT2D eigenvalue weighted by Gasteiger charge is 2.24. The molecule has 0 spiro atoms. The lowest BCUT2D eigenvalue weighted by atomic mass is 10.2. The van der Waals surface area contributed by atoms with Gasteiger partial charge < -0.3 is 0 Å². The molecule has 0 amide bonds. The van der Waals surface area contributed by atoms with E-state index in [4.69, 9.17) is 0 Å². The lowest BCUT2D eigenvalue weighted by molar-refractivity contribution is 1.65. The molecule has 0 aromatic heterocycles. The van der Waals surface area contributed by atoms with Gasteiger partial charge in [0.05, 0.1) is 15.8 Å². The molecule has 2 aromatic rings. The Labute approximate surface area is 121 Å². The van der Waals surface area contributed by atoms with E-state index in [1.54, 1.807) is 0 Å². The van der Waals surface area contributed by atoms with Gasteiger partial charge in [-0.2, -0.15) is 0 Å². The van der Waals surface area contributed by atoms with Gasteiger partial charge in [-0.1, -0.05) is 60.3 Å². The summed E-state index contributed by atoms with van der Waals surface area (Å²) in [5, 5.41) is 4.70. The third kappa shape index (κ3) is 2.80. The Morgan fingerprint density at radius 1 is 0.789 bits per heavy atom. The zero-order valence-electron chi connectivity index (χ0n) is 10.7. The second-order valence-corrected chi connectivity index (χ2v) is 7.07. The van der Waals surface area contributed by atoms with Crippen LogP contribution in [0.4, 0.5) is 0 Å². The zero-order valence-corrected chi connectivity index (χ0v) is 12.4. The minimum Gasteiger partial charge on any atom is -0.0876 e. The van der Waals surface area contributed by atoms with Crippen molar-refractivity contribution in [3.63, 3.8) is 0 Å². The predicted molar refractivity (Wildman–Crippen MR) is 89.7 cm³/mol. The Morgan fingerprint density at radius 2 is 1.37 bits per heavy atom. The SMILES string of the molecule is C[S+]1C=C(c2ccccc2)SC=C1c1ccccc1. The van der Waals surface area contributed by atoms with Gasteiger partial charge in [-0.15, -0.1) is 0 Å². The van der Waals surface area contributed by atoms with Crippen molar-refractivity contribution >= 4 is 32.5 Å². The van der Waals surface area contributed by atoms with Crippen LogP contribution in [-0.2, 0) is 10.9 Å². The number of thioether (sulfide) groups is 1. The van der Waals surface area contributed by atoms with E-state index in [1.807, 2.05) is 11.8 Å². The van der Waals surface area contributed by atoms with Crippen LogP contribution in [0.15, 0.2) is 71.5 Å². The van der Waals surface area contributed by atoms with E-state index in [0.717, 1.165) is 0 Å². The van der Waals surface area contributed by atoms with Crippen molar-refractivity contribution in [2.75, 3.05) is 6.26 Å². The molecule has 1 aliphatic heterocycles. The van der Waals surface area contributed by atoms with Crippen LogP contribution < -0.4 is 0 Å². The van der Waals surface area contributed by atoms with Crippen molar-refractivity contribution < 1.29 is 0 Å². The van der Waals surface area contributed by atoms with Gasteiger partial charge >= 0.3 is 0 Å². The molecule has 1 atom stereocenters. The molecule has 1 aliphatic rings. The Balaban J connectivity index is 1.87. The Kier molecular flexibility index (Phi) is 3.81. The highest BCUT2D eigenvalue weighted by atomic mass is 32.2. The minimum absolute atomic E-state index is 0.169. The van der Waals surface area contributed by atoms with Gasteiger partial charge in [-0.25, -0.2) is 0 Å². The van der Waals surface area contributed by atoms with Gasteiger partial charge in [-0.05, 0) is 17.7 Å². The van der Waals surface area contributed by atoms with E-state index < -0.39 is 0 Å². The standard InChI is InChI=1S/C17H15S2/c1-19-13-16(14-8-4-2-5-9-14)18-12-17(19)15-10-6-3-7-11-15/h2-13H,1H3/q+1. The second kappa shape index (κ2) is 5.72. The molecule has 1 heterocycles. The average Bonchev–Trinajstić information content (AvgIpc) is 2.49. The van der Waals surface area contributed by atoms with Gasteiger partial charge in [0, 0.05) is 11.0 Å². The van der Waals surface area contributed by atoms with Gasteiger partial charge in [0.15, 0.2) is 4.91 Å². The molecule has 0 saturated heterocycles. The Bertz CT molecular complexity index is 612. The van der Waals surface area contributed by atoms with Crippen molar-refractivity contribution in [2.24, 2.45) is 0 Å². The summed E-state index contributed by atoms with van der Waals surface area (Å²) in [6.07, 6.45) is 2.29. The molecule has 0 nitrogen and oxygen atoms in total.